The molecule has 6 heteroatoms. The van der Waals surface area contributed by atoms with Gasteiger partial charge in [-0.2, -0.15) is 0 Å². The topological polar surface area (TPSA) is 78.5 Å². The number of para-hydroxylation sites is 1. The minimum Gasteiger partial charge on any atom is -0.324 e. The summed E-state index contributed by atoms with van der Waals surface area (Å²) in [5.41, 5.74) is 1.36. The van der Waals surface area contributed by atoms with Crippen LogP contribution < -0.4 is 10.6 Å². The zero-order chi connectivity index (χ0) is 19.5. The van der Waals surface area contributed by atoms with Gasteiger partial charge in [0.25, 0.3) is 0 Å². The second-order valence-electron chi connectivity index (χ2n) is 7.81. The molecule has 3 aliphatic heterocycles. The monoisotopic (exact) mass is 375 g/mol. The number of carbonyl (C=O) groups is 3. The van der Waals surface area contributed by atoms with Gasteiger partial charge in [-0.3, -0.25) is 24.6 Å². The standard InChI is InChI=1S/C22H21N3O3/c1-13-17-18(22(24-13)15-9-5-6-10-16(15)23-21(22)28)20(27)25(19(17)26)12-11-14-7-3-2-4-8-14/h2-10,13,17-18,24H,11-12H2,1H3,(H,23,28)/t13-,17-,18+,22+/m1/s1. The molecule has 0 aliphatic carbocycles. The number of amides is 3. The smallest absolute Gasteiger partial charge is 0.250 e. The summed E-state index contributed by atoms with van der Waals surface area (Å²) in [5.74, 6) is -1.93. The van der Waals surface area contributed by atoms with Crippen LogP contribution in [0.4, 0.5) is 5.69 Å². The number of carbonyl (C=O) groups excluding carboxylic acids is 3. The molecule has 2 N–H and O–H groups in total. The number of anilines is 1. The van der Waals surface area contributed by atoms with E-state index in [0.29, 0.717) is 18.7 Å². The van der Waals surface area contributed by atoms with Crippen molar-refractivity contribution in [2.24, 2.45) is 11.8 Å². The lowest BCUT2D eigenvalue weighted by atomic mass is 9.76. The van der Waals surface area contributed by atoms with Gasteiger partial charge in [-0.25, -0.2) is 0 Å². The summed E-state index contributed by atoms with van der Waals surface area (Å²) >= 11 is 0. The number of fused-ring (bicyclic) bond motifs is 4. The van der Waals surface area contributed by atoms with Crippen molar-refractivity contribution in [2.75, 3.05) is 11.9 Å². The molecule has 0 unspecified atom stereocenters. The van der Waals surface area contributed by atoms with Gasteiger partial charge in [-0.05, 0) is 25.0 Å². The first-order valence-electron chi connectivity index (χ1n) is 9.62. The number of rotatable bonds is 3. The van der Waals surface area contributed by atoms with Crippen molar-refractivity contribution in [1.29, 1.82) is 0 Å². The first kappa shape index (κ1) is 17.1. The number of nitrogens with one attached hydrogen (secondary N) is 2. The van der Waals surface area contributed by atoms with Crippen LogP contribution >= 0.6 is 0 Å². The molecule has 0 radical (unpaired) electrons. The van der Waals surface area contributed by atoms with Gasteiger partial charge in [-0.15, -0.1) is 0 Å². The maximum absolute atomic E-state index is 13.4. The number of nitrogens with zero attached hydrogens (tertiary/aromatic N) is 1. The summed E-state index contributed by atoms with van der Waals surface area (Å²) in [4.78, 5) is 40.9. The van der Waals surface area contributed by atoms with Crippen molar-refractivity contribution in [3.8, 4) is 0 Å². The third-order valence-corrected chi connectivity index (χ3v) is 6.33. The maximum Gasteiger partial charge on any atom is 0.250 e. The molecule has 3 aliphatic rings. The van der Waals surface area contributed by atoms with E-state index in [9.17, 15) is 14.4 Å². The minimum atomic E-state index is -1.17. The highest BCUT2D eigenvalue weighted by Gasteiger charge is 2.69. The van der Waals surface area contributed by atoms with Gasteiger partial charge in [0.2, 0.25) is 17.7 Å². The molecule has 4 atom stereocenters. The van der Waals surface area contributed by atoms with Crippen LogP contribution in [0.1, 0.15) is 18.1 Å². The molecule has 1 spiro atoms. The molecule has 5 rings (SSSR count). The van der Waals surface area contributed by atoms with Gasteiger partial charge < -0.3 is 5.32 Å². The number of benzene rings is 2. The van der Waals surface area contributed by atoms with E-state index in [0.717, 1.165) is 11.1 Å². The zero-order valence-corrected chi connectivity index (χ0v) is 15.5. The van der Waals surface area contributed by atoms with E-state index in [2.05, 4.69) is 10.6 Å². The van der Waals surface area contributed by atoms with Crippen molar-refractivity contribution >= 4 is 23.4 Å². The van der Waals surface area contributed by atoms with E-state index in [4.69, 9.17) is 0 Å². The minimum absolute atomic E-state index is 0.181. The summed E-state index contributed by atoms with van der Waals surface area (Å²) in [6.07, 6.45) is 0.607. The molecule has 6 nitrogen and oxygen atoms in total. The maximum atomic E-state index is 13.4. The quantitative estimate of drug-likeness (QED) is 0.800. The molecule has 0 saturated carbocycles. The van der Waals surface area contributed by atoms with E-state index < -0.39 is 17.4 Å². The Morgan fingerprint density at radius 3 is 2.46 bits per heavy atom. The predicted molar refractivity (Wildman–Crippen MR) is 103 cm³/mol. The highest BCUT2D eigenvalue weighted by atomic mass is 16.2. The Hall–Kier alpha value is -2.99. The molecular weight excluding hydrogens is 354 g/mol. The summed E-state index contributed by atoms with van der Waals surface area (Å²) in [6, 6.07) is 16.9. The third kappa shape index (κ3) is 2.15. The second kappa shape index (κ2) is 6.01. The van der Waals surface area contributed by atoms with Crippen LogP contribution in [0.15, 0.2) is 54.6 Å². The predicted octanol–water partition coefficient (Wildman–Crippen LogP) is 1.67. The van der Waals surface area contributed by atoms with Crippen LogP contribution in [0.3, 0.4) is 0 Å². The van der Waals surface area contributed by atoms with E-state index in [1.807, 2.05) is 61.5 Å². The summed E-state index contributed by atoms with van der Waals surface area (Å²) in [6.45, 7) is 2.22. The zero-order valence-electron chi connectivity index (χ0n) is 15.5. The first-order chi connectivity index (χ1) is 13.5. The van der Waals surface area contributed by atoms with Crippen LogP contribution in [0.25, 0.3) is 0 Å². The molecule has 2 saturated heterocycles. The average Bonchev–Trinajstić information content (AvgIpc) is 3.26. The van der Waals surface area contributed by atoms with Crippen LogP contribution in [0, 0.1) is 11.8 Å². The van der Waals surface area contributed by atoms with Gasteiger partial charge in [-0.1, -0.05) is 48.5 Å². The van der Waals surface area contributed by atoms with Crippen molar-refractivity contribution in [2.45, 2.75) is 24.9 Å². The largest absolute Gasteiger partial charge is 0.324 e. The van der Waals surface area contributed by atoms with Gasteiger partial charge >= 0.3 is 0 Å². The van der Waals surface area contributed by atoms with E-state index in [1.165, 1.54) is 4.90 Å². The second-order valence-corrected chi connectivity index (χ2v) is 7.81. The fourth-order valence-corrected chi connectivity index (χ4v) is 5.09. The van der Waals surface area contributed by atoms with Crippen molar-refractivity contribution < 1.29 is 14.4 Å². The van der Waals surface area contributed by atoms with Crippen LogP contribution in [0.2, 0.25) is 0 Å². The number of likely N-dealkylation sites (tertiary alicyclic amines) is 1. The normalized spacial score (nSPS) is 30.7. The number of hydrogen-bond acceptors (Lipinski definition) is 4. The Bertz CT molecular complexity index is 990. The highest BCUT2D eigenvalue weighted by Crippen LogP contribution is 2.52. The molecule has 2 aromatic carbocycles. The first-order valence-corrected chi connectivity index (χ1v) is 9.62. The molecule has 3 amide bonds. The number of hydrogen-bond donors (Lipinski definition) is 2. The fraction of sp³-hybridized carbons (Fsp3) is 0.318. The molecule has 0 aromatic heterocycles. The van der Waals surface area contributed by atoms with Crippen molar-refractivity contribution in [1.82, 2.24) is 10.2 Å². The Morgan fingerprint density at radius 2 is 1.68 bits per heavy atom. The lowest BCUT2D eigenvalue weighted by Crippen LogP contribution is -2.53. The van der Waals surface area contributed by atoms with Gasteiger partial charge in [0.05, 0.1) is 11.8 Å². The highest BCUT2D eigenvalue weighted by molar-refractivity contribution is 6.15. The summed E-state index contributed by atoms with van der Waals surface area (Å²) in [5, 5.41) is 6.20. The Morgan fingerprint density at radius 1 is 0.964 bits per heavy atom. The SMILES string of the molecule is C[C@H]1N[C@]2(C(=O)Nc3ccccc32)[C@@H]2C(=O)N(CCc3ccccc3)C(=O)[C@@H]21. The molecule has 142 valence electrons. The van der Waals surface area contributed by atoms with Gasteiger partial charge in [0.1, 0.15) is 5.54 Å². The lowest BCUT2D eigenvalue weighted by molar-refractivity contribution is -0.142. The van der Waals surface area contributed by atoms with Gasteiger partial charge in [0.15, 0.2) is 0 Å². The Labute approximate surface area is 162 Å². The third-order valence-electron chi connectivity index (χ3n) is 6.33. The van der Waals surface area contributed by atoms with E-state index >= 15 is 0 Å². The summed E-state index contributed by atoms with van der Waals surface area (Å²) in [7, 11) is 0. The Kier molecular flexibility index (Phi) is 3.67. The van der Waals surface area contributed by atoms with Crippen molar-refractivity contribution in [3.05, 3.63) is 65.7 Å². The van der Waals surface area contributed by atoms with Crippen LogP contribution in [-0.4, -0.2) is 35.2 Å². The fourth-order valence-electron chi connectivity index (χ4n) is 5.09. The Balaban J connectivity index is 1.50. The summed E-state index contributed by atoms with van der Waals surface area (Å²) < 4.78 is 0. The molecular formula is C22H21N3O3. The van der Waals surface area contributed by atoms with Crippen LogP contribution in [-0.2, 0) is 26.3 Å². The molecule has 0 bridgehead atoms. The molecule has 2 aromatic rings. The van der Waals surface area contributed by atoms with Crippen molar-refractivity contribution in [3.63, 3.8) is 0 Å². The van der Waals surface area contributed by atoms with Gasteiger partial charge in [0, 0.05) is 23.8 Å². The lowest BCUT2D eigenvalue weighted by Gasteiger charge is -2.29. The molecule has 28 heavy (non-hydrogen) atoms. The van der Waals surface area contributed by atoms with E-state index in [1.54, 1.807) is 0 Å². The van der Waals surface area contributed by atoms with E-state index in [-0.39, 0.29) is 23.8 Å². The molecule has 3 heterocycles. The number of imide groups is 1. The van der Waals surface area contributed by atoms with Crippen LogP contribution in [0.5, 0.6) is 0 Å². The average molecular weight is 375 g/mol. The molecule has 2 fully saturated rings.